The van der Waals surface area contributed by atoms with Crippen molar-refractivity contribution in [2.24, 2.45) is 5.92 Å². The molecular weight excluding hydrogens is 383 g/mol. The van der Waals surface area contributed by atoms with Crippen LogP contribution in [0.4, 0.5) is 5.69 Å². The van der Waals surface area contributed by atoms with E-state index in [-0.39, 0.29) is 17.6 Å². The molecule has 0 aromatic heterocycles. The van der Waals surface area contributed by atoms with Crippen molar-refractivity contribution in [3.8, 4) is 0 Å². The molecule has 0 saturated heterocycles. The largest absolute Gasteiger partial charge is 0.349 e. The quantitative estimate of drug-likeness (QED) is 0.472. The van der Waals surface area contributed by atoms with Crippen molar-refractivity contribution >= 4 is 34.2 Å². The van der Waals surface area contributed by atoms with Crippen LogP contribution in [0.1, 0.15) is 49.4 Å². The van der Waals surface area contributed by atoms with Gasteiger partial charge < -0.3 is 5.32 Å². The molecule has 1 aliphatic carbocycles. The Kier molecular flexibility index (Phi) is 5.55. The Morgan fingerprint density at radius 2 is 2.24 bits per heavy atom. The maximum absolute atomic E-state index is 12.4. The highest BCUT2D eigenvalue weighted by Gasteiger charge is 2.24. The molecule has 1 aromatic carbocycles. The number of nitrogens with zero attached hydrogens (tertiary/aromatic N) is 1. The Morgan fingerprint density at radius 1 is 1.48 bits per heavy atom. The van der Waals surface area contributed by atoms with Crippen LogP contribution in [-0.4, -0.2) is 16.9 Å². The Bertz CT molecular complexity index is 548. The maximum atomic E-state index is 12.4. The number of halogens is 1. The van der Waals surface area contributed by atoms with Crippen LogP contribution in [0, 0.1) is 19.6 Å². The fourth-order valence-corrected chi connectivity index (χ4v) is 3.44. The smallest absolute Gasteiger partial charge is 0.270 e. The number of hydrogen-bond donors (Lipinski definition) is 1. The van der Waals surface area contributed by atoms with Crippen molar-refractivity contribution < 1.29 is 9.72 Å². The predicted molar refractivity (Wildman–Crippen MR) is 89.3 cm³/mol. The Morgan fingerprint density at radius 3 is 2.90 bits per heavy atom. The third kappa shape index (κ3) is 4.15. The van der Waals surface area contributed by atoms with E-state index in [2.05, 4.69) is 12.2 Å². The minimum absolute atomic E-state index is 0.0457. The molecule has 1 aliphatic rings. The molecule has 21 heavy (non-hydrogen) atoms. The summed E-state index contributed by atoms with van der Waals surface area (Å²) in [6.45, 7) is 2.18. The molecule has 5 nitrogen and oxygen atoms in total. The first kappa shape index (κ1) is 16.2. The summed E-state index contributed by atoms with van der Waals surface area (Å²) in [4.78, 5) is 22.7. The van der Waals surface area contributed by atoms with Crippen molar-refractivity contribution in [3.63, 3.8) is 0 Å². The molecule has 1 saturated carbocycles. The monoisotopic (exact) mass is 402 g/mol. The number of nitro benzene ring substituents is 1. The molecular formula is C15H19IN2O3. The van der Waals surface area contributed by atoms with Gasteiger partial charge in [-0.2, -0.15) is 0 Å². The number of benzene rings is 1. The van der Waals surface area contributed by atoms with Crippen LogP contribution in [0.25, 0.3) is 0 Å². The standard InChI is InChI=1S/C15H19IN2O3/c1-2-10-4-3-5-11(8-10)17-15(19)13-9-12(18(20)21)6-7-14(13)16/h6-7,9-11H,2-5,8H2,1H3,(H,17,19). The molecule has 2 rings (SSSR count). The molecule has 6 heteroatoms. The first-order valence-corrected chi connectivity index (χ1v) is 8.34. The van der Waals surface area contributed by atoms with Crippen LogP contribution in [0.3, 0.4) is 0 Å². The molecule has 1 amide bonds. The topological polar surface area (TPSA) is 72.2 Å². The van der Waals surface area contributed by atoms with Crippen LogP contribution in [-0.2, 0) is 0 Å². The fraction of sp³-hybridized carbons (Fsp3) is 0.533. The second kappa shape index (κ2) is 7.20. The summed E-state index contributed by atoms with van der Waals surface area (Å²) >= 11 is 2.04. The van der Waals surface area contributed by atoms with E-state index in [4.69, 9.17) is 0 Å². The number of non-ortho nitro benzene ring substituents is 1. The van der Waals surface area contributed by atoms with Gasteiger partial charge in [-0.15, -0.1) is 0 Å². The second-order valence-corrected chi connectivity index (χ2v) is 6.69. The summed E-state index contributed by atoms with van der Waals surface area (Å²) in [5.41, 5.74) is 0.346. The molecule has 0 bridgehead atoms. The van der Waals surface area contributed by atoms with E-state index in [1.807, 2.05) is 22.6 Å². The molecule has 1 aromatic rings. The van der Waals surface area contributed by atoms with E-state index < -0.39 is 4.92 Å². The minimum Gasteiger partial charge on any atom is -0.349 e. The van der Waals surface area contributed by atoms with Gasteiger partial charge in [0.15, 0.2) is 0 Å². The molecule has 1 fully saturated rings. The van der Waals surface area contributed by atoms with Gasteiger partial charge in [0.05, 0.1) is 10.5 Å². The second-order valence-electron chi connectivity index (χ2n) is 5.53. The lowest BCUT2D eigenvalue weighted by atomic mass is 9.84. The van der Waals surface area contributed by atoms with Gasteiger partial charge in [-0.1, -0.05) is 26.2 Å². The predicted octanol–water partition coefficient (Wildman–Crippen LogP) is 3.90. The van der Waals surface area contributed by atoms with Crippen molar-refractivity contribution in [3.05, 3.63) is 37.4 Å². The Balaban J connectivity index is 2.09. The number of carbonyl (C=O) groups is 1. The zero-order valence-corrected chi connectivity index (χ0v) is 14.1. The summed E-state index contributed by atoms with van der Waals surface area (Å²) < 4.78 is 0.735. The maximum Gasteiger partial charge on any atom is 0.270 e. The highest BCUT2D eigenvalue weighted by Crippen LogP contribution is 2.27. The van der Waals surface area contributed by atoms with Crippen LogP contribution in [0.5, 0.6) is 0 Å². The number of nitrogens with one attached hydrogen (secondary N) is 1. The van der Waals surface area contributed by atoms with Gasteiger partial charge in [-0.25, -0.2) is 0 Å². The average molecular weight is 402 g/mol. The van der Waals surface area contributed by atoms with Gasteiger partial charge in [0.1, 0.15) is 0 Å². The Labute approximate surface area is 137 Å². The summed E-state index contributed by atoms with van der Waals surface area (Å²) in [6.07, 6.45) is 5.51. The molecule has 2 unspecified atom stereocenters. The Hall–Kier alpha value is -1.18. The number of carbonyl (C=O) groups excluding carboxylic acids is 1. The van der Waals surface area contributed by atoms with E-state index in [0.29, 0.717) is 11.5 Å². The lowest BCUT2D eigenvalue weighted by molar-refractivity contribution is -0.384. The fourth-order valence-electron chi connectivity index (χ4n) is 2.86. The number of rotatable bonds is 4. The SMILES string of the molecule is CCC1CCCC(NC(=O)c2cc([N+](=O)[O-])ccc2I)C1. The van der Waals surface area contributed by atoms with Crippen molar-refractivity contribution in [2.45, 2.75) is 45.1 Å². The summed E-state index contributed by atoms with van der Waals surface area (Å²) in [7, 11) is 0. The first-order chi connectivity index (χ1) is 10.0. The lowest BCUT2D eigenvalue weighted by Crippen LogP contribution is -2.38. The molecule has 1 N–H and O–H groups in total. The van der Waals surface area contributed by atoms with Crippen molar-refractivity contribution in [1.82, 2.24) is 5.32 Å². The normalized spacial score (nSPS) is 21.8. The van der Waals surface area contributed by atoms with Crippen LogP contribution in [0.2, 0.25) is 0 Å². The molecule has 2 atom stereocenters. The molecule has 0 spiro atoms. The third-order valence-corrected chi connectivity index (χ3v) is 5.04. The summed E-state index contributed by atoms with van der Waals surface area (Å²) in [6, 6.07) is 4.58. The van der Waals surface area contributed by atoms with Crippen molar-refractivity contribution in [1.29, 1.82) is 0 Å². The first-order valence-electron chi connectivity index (χ1n) is 7.26. The number of amides is 1. The zero-order valence-electron chi connectivity index (χ0n) is 12.0. The average Bonchev–Trinajstić information content (AvgIpc) is 2.47. The van der Waals surface area contributed by atoms with Crippen LogP contribution < -0.4 is 5.32 Å². The number of nitro groups is 1. The summed E-state index contributed by atoms with van der Waals surface area (Å²) in [5.74, 6) is 0.470. The zero-order chi connectivity index (χ0) is 15.4. The molecule has 114 valence electrons. The summed E-state index contributed by atoms with van der Waals surface area (Å²) in [5, 5.41) is 13.9. The van der Waals surface area contributed by atoms with E-state index in [0.717, 1.165) is 29.3 Å². The lowest BCUT2D eigenvalue weighted by Gasteiger charge is -2.29. The third-order valence-electron chi connectivity index (χ3n) is 4.10. The van der Waals surface area contributed by atoms with E-state index in [1.54, 1.807) is 6.07 Å². The highest BCUT2D eigenvalue weighted by atomic mass is 127. The van der Waals surface area contributed by atoms with E-state index >= 15 is 0 Å². The van der Waals surface area contributed by atoms with Gasteiger partial charge in [-0.3, -0.25) is 14.9 Å². The van der Waals surface area contributed by atoms with E-state index in [9.17, 15) is 14.9 Å². The molecule has 0 aliphatic heterocycles. The van der Waals surface area contributed by atoms with Gasteiger partial charge >= 0.3 is 0 Å². The van der Waals surface area contributed by atoms with Crippen LogP contribution >= 0.6 is 22.6 Å². The minimum atomic E-state index is -0.472. The van der Waals surface area contributed by atoms with E-state index in [1.165, 1.54) is 18.6 Å². The van der Waals surface area contributed by atoms with Crippen molar-refractivity contribution in [2.75, 3.05) is 0 Å². The van der Waals surface area contributed by atoms with Gasteiger partial charge in [0, 0.05) is 21.7 Å². The van der Waals surface area contributed by atoms with Gasteiger partial charge in [0.25, 0.3) is 11.6 Å². The van der Waals surface area contributed by atoms with Gasteiger partial charge in [0.2, 0.25) is 0 Å². The highest BCUT2D eigenvalue weighted by molar-refractivity contribution is 14.1. The van der Waals surface area contributed by atoms with Gasteiger partial charge in [-0.05, 0) is 47.4 Å². The number of hydrogen-bond acceptors (Lipinski definition) is 3. The molecule has 0 heterocycles. The van der Waals surface area contributed by atoms with Crippen LogP contribution in [0.15, 0.2) is 18.2 Å². The molecule has 0 radical (unpaired) electrons.